The Morgan fingerprint density at radius 3 is 2.37 bits per heavy atom. The number of ether oxygens (including phenoxy) is 1. The third-order valence-electron chi connectivity index (χ3n) is 6.30. The smallest absolute Gasteiger partial charge is 0.338 e. The van der Waals surface area contributed by atoms with Crippen molar-refractivity contribution in [3.8, 4) is 6.07 Å². The van der Waals surface area contributed by atoms with Gasteiger partial charge in [-0.25, -0.2) is 4.79 Å². The molecule has 4 heteroatoms. The van der Waals surface area contributed by atoms with Gasteiger partial charge in [0.1, 0.15) is 6.10 Å². The maximum atomic E-state index is 12.3. The van der Waals surface area contributed by atoms with E-state index in [9.17, 15) is 4.79 Å². The lowest BCUT2D eigenvalue weighted by atomic mass is 9.82. The number of carbonyl (C=O) groups excluding carboxylic acids is 1. The van der Waals surface area contributed by atoms with Crippen LogP contribution in [0.3, 0.4) is 0 Å². The number of hydrogen-bond donors (Lipinski definition) is 0. The Balaban J connectivity index is 1.40. The van der Waals surface area contributed by atoms with Gasteiger partial charge in [-0.3, -0.25) is 0 Å². The van der Waals surface area contributed by atoms with E-state index in [0.717, 1.165) is 37.9 Å². The average molecular weight is 369 g/mol. The van der Waals surface area contributed by atoms with Gasteiger partial charge >= 0.3 is 5.97 Å². The van der Waals surface area contributed by atoms with Gasteiger partial charge in [0.2, 0.25) is 0 Å². The number of nitrogens with zero attached hydrogens (tertiary/aromatic N) is 2. The summed E-state index contributed by atoms with van der Waals surface area (Å²) in [7, 11) is 0. The van der Waals surface area contributed by atoms with Gasteiger partial charge in [-0.2, -0.15) is 5.26 Å². The van der Waals surface area contributed by atoms with Crippen LogP contribution in [0.4, 0.5) is 0 Å². The molecule has 1 aliphatic heterocycles. The van der Waals surface area contributed by atoms with Crippen molar-refractivity contribution in [1.82, 2.24) is 4.90 Å². The second-order valence-corrected chi connectivity index (χ2v) is 8.15. The third kappa shape index (κ3) is 5.56. The summed E-state index contributed by atoms with van der Waals surface area (Å²) in [6.45, 7) is 4.36. The molecule has 27 heavy (non-hydrogen) atoms. The van der Waals surface area contributed by atoms with E-state index < -0.39 is 0 Å². The minimum Gasteiger partial charge on any atom is -0.459 e. The molecule has 0 bridgehead atoms. The summed E-state index contributed by atoms with van der Waals surface area (Å²) >= 11 is 0. The summed E-state index contributed by atoms with van der Waals surface area (Å²) < 4.78 is 5.70. The molecule has 1 saturated carbocycles. The van der Waals surface area contributed by atoms with Gasteiger partial charge in [0.25, 0.3) is 0 Å². The highest BCUT2D eigenvalue weighted by Crippen LogP contribution is 2.32. The number of rotatable bonds is 6. The molecule has 1 aliphatic carbocycles. The van der Waals surface area contributed by atoms with Gasteiger partial charge in [0.05, 0.1) is 17.2 Å². The molecule has 2 aliphatic rings. The van der Waals surface area contributed by atoms with Crippen molar-refractivity contribution in [3.05, 3.63) is 35.4 Å². The zero-order valence-corrected chi connectivity index (χ0v) is 16.5. The largest absolute Gasteiger partial charge is 0.459 e. The van der Waals surface area contributed by atoms with Crippen LogP contribution in [0.1, 0.15) is 80.6 Å². The molecule has 1 aromatic rings. The average Bonchev–Trinajstić information content (AvgIpc) is 2.73. The van der Waals surface area contributed by atoms with Crippen molar-refractivity contribution in [2.75, 3.05) is 13.1 Å². The predicted octanol–water partition coefficient (Wildman–Crippen LogP) is 4.93. The Morgan fingerprint density at radius 1 is 1.11 bits per heavy atom. The summed E-state index contributed by atoms with van der Waals surface area (Å²) in [6, 6.07) is 9.47. The van der Waals surface area contributed by atoms with E-state index in [2.05, 4.69) is 17.9 Å². The molecule has 0 amide bonds. The topological polar surface area (TPSA) is 53.3 Å². The summed E-state index contributed by atoms with van der Waals surface area (Å²) in [5.74, 6) is 0.682. The number of piperidine rings is 1. The monoisotopic (exact) mass is 368 g/mol. The van der Waals surface area contributed by atoms with Gasteiger partial charge in [0.15, 0.2) is 0 Å². The molecule has 0 spiro atoms. The van der Waals surface area contributed by atoms with Crippen molar-refractivity contribution in [1.29, 1.82) is 5.26 Å². The zero-order valence-electron chi connectivity index (χ0n) is 16.5. The van der Waals surface area contributed by atoms with Crippen molar-refractivity contribution < 1.29 is 9.53 Å². The molecule has 0 unspecified atom stereocenters. The van der Waals surface area contributed by atoms with E-state index in [4.69, 9.17) is 10.00 Å². The van der Waals surface area contributed by atoms with Crippen LogP contribution in [-0.2, 0) is 4.74 Å². The summed E-state index contributed by atoms with van der Waals surface area (Å²) in [5, 5.41) is 8.84. The number of nitriles is 1. The van der Waals surface area contributed by atoms with Crippen molar-refractivity contribution >= 4 is 5.97 Å². The van der Waals surface area contributed by atoms with Gasteiger partial charge in [0, 0.05) is 19.1 Å². The van der Waals surface area contributed by atoms with E-state index in [0.29, 0.717) is 11.1 Å². The van der Waals surface area contributed by atoms with E-state index >= 15 is 0 Å². The molecule has 4 nitrogen and oxygen atoms in total. The highest BCUT2D eigenvalue weighted by atomic mass is 16.5. The Morgan fingerprint density at radius 2 is 1.78 bits per heavy atom. The summed E-state index contributed by atoms with van der Waals surface area (Å²) in [5.41, 5.74) is 1.09. The summed E-state index contributed by atoms with van der Waals surface area (Å²) in [6.07, 6.45) is 11.4. The first-order valence-corrected chi connectivity index (χ1v) is 10.6. The van der Waals surface area contributed by atoms with Crippen LogP contribution >= 0.6 is 0 Å². The second-order valence-electron chi connectivity index (χ2n) is 8.15. The van der Waals surface area contributed by atoms with E-state index in [1.807, 2.05) is 0 Å². The van der Waals surface area contributed by atoms with Crippen molar-refractivity contribution in [2.24, 2.45) is 5.92 Å². The molecule has 0 aromatic heterocycles. The van der Waals surface area contributed by atoms with Crippen LogP contribution in [0.25, 0.3) is 0 Å². The fourth-order valence-corrected chi connectivity index (χ4v) is 4.55. The van der Waals surface area contributed by atoms with Gasteiger partial charge < -0.3 is 9.64 Å². The number of likely N-dealkylation sites (tertiary alicyclic amines) is 1. The number of esters is 1. The molecule has 1 heterocycles. The fourth-order valence-electron chi connectivity index (χ4n) is 4.55. The van der Waals surface area contributed by atoms with Crippen molar-refractivity contribution in [3.63, 3.8) is 0 Å². The third-order valence-corrected chi connectivity index (χ3v) is 6.30. The van der Waals surface area contributed by atoms with Crippen LogP contribution in [0.5, 0.6) is 0 Å². The first kappa shape index (κ1) is 19.9. The fraction of sp³-hybridized carbons (Fsp3) is 0.652. The Kier molecular flexibility index (Phi) is 7.29. The maximum absolute atomic E-state index is 12.3. The Hall–Kier alpha value is -1.86. The van der Waals surface area contributed by atoms with E-state index in [1.165, 1.54) is 44.9 Å². The molecular weight excluding hydrogens is 336 g/mol. The van der Waals surface area contributed by atoms with Crippen LogP contribution in [0, 0.1) is 17.2 Å². The lowest BCUT2D eigenvalue weighted by molar-refractivity contribution is 0.00163. The minimum absolute atomic E-state index is 0.0188. The van der Waals surface area contributed by atoms with Gasteiger partial charge in [-0.1, -0.05) is 26.2 Å². The van der Waals surface area contributed by atoms with Crippen LogP contribution in [0.2, 0.25) is 0 Å². The number of benzene rings is 1. The lowest BCUT2D eigenvalue weighted by Gasteiger charge is -2.40. The molecule has 0 atom stereocenters. The molecule has 3 rings (SSSR count). The van der Waals surface area contributed by atoms with Crippen LogP contribution in [-0.4, -0.2) is 36.1 Å². The number of unbranched alkanes of at least 4 members (excludes halogenated alkanes) is 1. The zero-order chi connectivity index (χ0) is 19.1. The highest BCUT2D eigenvalue weighted by molar-refractivity contribution is 5.89. The van der Waals surface area contributed by atoms with Gasteiger partial charge in [-0.15, -0.1) is 0 Å². The molecule has 1 saturated heterocycles. The highest BCUT2D eigenvalue weighted by Gasteiger charge is 2.30. The van der Waals surface area contributed by atoms with Crippen molar-refractivity contribution in [2.45, 2.75) is 76.9 Å². The van der Waals surface area contributed by atoms with Gasteiger partial charge in [-0.05, 0) is 68.7 Å². The summed E-state index contributed by atoms with van der Waals surface area (Å²) in [4.78, 5) is 14.9. The molecule has 2 fully saturated rings. The normalized spacial score (nSPS) is 24.3. The molecule has 0 radical (unpaired) electrons. The number of carbonyl (C=O) groups is 1. The minimum atomic E-state index is -0.269. The quantitative estimate of drug-likeness (QED) is 0.668. The van der Waals surface area contributed by atoms with Crippen LogP contribution in [0.15, 0.2) is 24.3 Å². The standard InChI is InChI=1S/C23H32N2O2/c1-2-3-4-18-7-11-21(12-8-18)25-15-13-22(14-16-25)27-23(26)20-9-5-19(17-24)6-10-20/h5-6,9-10,18,21-22H,2-4,7-8,11-16H2,1H3/t18-,21-. The first-order valence-electron chi connectivity index (χ1n) is 10.6. The van der Waals surface area contributed by atoms with E-state index in [-0.39, 0.29) is 12.1 Å². The first-order chi connectivity index (χ1) is 13.2. The molecule has 1 aromatic carbocycles. The van der Waals surface area contributed by atoms with Crippen LogP contribution < -0.4 is 0 Å². The Labute approximate surface area is 163 Å². The molecule has 0 N–H and O–H groups in total. The Bertz CT molecular complexity index is 633. The molecular formula is C23H32N2O2. The van der Waals surface area contributed by atoms with E-state index in [1.54, 1.807) is 24.3 Å². The maximum Gasteiger partial charge on any atom is 0.338 e. The second kappa shape index (κ2) is 9.90. The SMILES string of the molecule is CCCC[C@H]1CC[C@H](N2CCC(OC(=O)c3ccc(C#N)cc3)CC2)CC1. The lowest BCUT2D eigenvalue weighted by Crippen LogP contribution is -2.45. The molecule has 146 valence electrons. The number of hydrogen-bond acceptors (Lipinski definition) is 4. The predicted molar refractivity (Wildman–Crippen MR) is 106 cm³/mol.